The van der Waals surface area contributed by atoms with Gasteiger partial charge < -0.3 is 5.32 Å². The molecule has 1 aromatic rings. The summed E-state index contributed by atoms with van der Waals surface area (Å²) in [6, 6.07) is 5.53. The van der Waals surface area contributed by atoms with Gasteiger partial charge in [0.1, 0.15) is 0 Å². The van der Waals surface area contributed by atoms with Gasteiger partial charge in [0.25, 0.3) is 0 Å². The van der Waals surface area contributed by atoms with Gasteiger partial charge in [0.15, 0.2) is 0 Å². The topological polar surface area (TPSA) is 39.1 Å². The minimum Gasteiger partial charge on any atom is -0.383 e. The van der Waals surface area contributed by atoms with Crippen molar-refractivity contribution in [3.8, 4) is 6.07 Å². The first-order valence-corrected chi connectivity index (χ1v) is 7.01. The lowest BCUT2D eigenvalue weighted by Crippen LogP contribution is -2.35. The van der Waals surface area contributed by atoms with Gasteiger partial charge in [-0.2, -0.15) is 18.4 Å². The number of halogens is 3. The van der Waals surface area contributed by atoms with Gasteiger partial charge in [-0.05, 0) is 51.1 Å². The van der Waals surface area contributed by atoms with Crippen LogP contribution in [0.1, 0.15) is 30.9 Å². The van der Waals surface area contributed by atoms with Crippen LogP contribution in [-0.4, -0.2) is 30.6 Å². The number of rotatable bonds is 4. The molecule has 1 unspecified atom stereocenters. The average molecular weight is 297 g/mol. The molecule has 0 aliphatic carbocycles. The molecule has 0 saturated carbocycles. The fourth-order valence-corrected chi connectivity index (χ4v) is 2.57. The first-order chi connectivity index (χ1) is 9.91. The SMILES string of the molecule is CC(CNc1ccc(C(F)(F)F)c(C#N)c1)N1CCCC1. The number of alkyl halides is 3. The summed E-state index contributed by atoms with van der Waals surface area (Å²) in [7, 11) is 0. The van der Waals surface area contributed by atoms with Gasteiger partial charge in [-0.1, -0.05) is 0 Å². The van der Waals surface area contributed by atoms with Gasteiger partial charge in [0, 0.05) is 18.3 Å². The highest BCUT2D eigenvalue weighted by molar-refractivity contribution is 5.53. The Kier molecular flexibility index (Phi) is 4.73. The number of hydrogen-bond donors (Lipinski definition) is 1. The summed E-state index contributed by atoms with van der Waals surface area (Å²) in [5.41, 5.74) is -0.685. The molecule has 6 heteroatoms. The predicted octanol–water partition coefficient (Wildman–Crippen LogP) is 3.47. The van der Waals surface area contributed by atoms with Crippen LogP contribution in [0.3, 0.4) is 0 Å². The fraction of sp³-hybridized carbons (Fsp3) is 0.533. The molecule has 21 heavy (non-hydrogen) atoms. The highest BCUT2D eigenvalue weighted by Crippen LogP contribution is 2.33. The number of benzene rings is 1. The van der Waals surface area contributed by atoms with Gasteiger partial charge in [0.2, 0.25) is 0 Å². The Hall–Kier alpha value is -1.74. The summed E-state index contributed by atoms with van der Waals surface area (Å²) >= 11 is 0. The Morgan fingerprint density at radius 2 is 2.00 bits per heavy atom. The van der Waals surface area contributed by atoms with Crippen LogP contribution in [0.2, 0.25) is 0 Å². The normalized spacial score (nSPS) is 17.5. The Morgan fingerprint density at radius 1 is 1.33 bits per heavy atom. The second-order valence-corrected chi connectivity index (χ2v) is 5.34. The van der Waals surface area contributed by atoms with Crippen LogP contribution in [0.15, 0.2) is 18.2 Å². The van der Waals surface area contributed by atoms with E-state index in [1.807, 2.05) is 0 Å². The second kappa shape index (κ2) is 6.35. The molecule has 1 aliphatic rings. The van der Waals surface area contributed by atoms with Crippen molar-refractivity contribution in [2.24, 2.45) is 0 Å². The summed E-state index contributed by atoms with van der Waals surface area (Å²) < 4.78 is 38.1. The van der Waals surface area contributed by atoms with Crippen molar-refractivity contribution in [1.82, 2.24) is 4.90 Å². The third kappa shape index (κ3) is 3.88. The van der Waals surface area contributed by atoms with Crippen molar-refractivity contribution in [3.63, 3.8) is 0 Å². The molecular formula is C15H18F3N3. The zero-order chi connectivity index (χ0) is 15.5. The monoisotopic (exact) mass is 297 g/mol. The molecule has 1 aliphatic heterocycles. The molecule has 2 rings (SSSR count). The van der Waals surface area contributed by atoms with Crippen molar-refractivity contribution < 1.29 is 13.2 Å². The van der Waals surface area contributed by atoms with Gasteiger partial charge in [-0.25, -0.2) is 0 Å². The third-order valence-corrected chi connectivity index (χ3v) is 3.81. The van der Waals surface area contributed by atoms with Gasteiger partial charge in [-0.3, -0.25) is 4.90 Å². The second-order valence-electron chi connectivity index (χ2n) is 5.34. The van der Waals surface area contributed by atoms with Crippen molar-refractivity contribution in [2.45, 2.75) is 32.0 Å². The molecule has 0 bridgehead atoms. The lowest BCUT2D eigenvalue weighted by atomic mass is 10.1. The molecule has 0 aromatic heterocycles. The van der Waals surface area contributed by atoms with E-state index in [-0.39, 0.29) is 5.56 Å². The molecule has 1 fully saturated rings. The van der Waals surface area contributed by atoms with Crippen LogP contribution >= 0.6 is 0 Å². The first kappa shape index (κ1) is 15.6. The summed E-state index contributed by atoms with van der Waals surface area (Å²) in [6.07, 6.45) is -2.10. The standard InChI is InChI=1S/C15H18F3N3/c1-11(21-6-2-3-7-21)10-20-13-4-5-14(15(16,17)18)12(8-13)9-19/h4-5,8,11,20H,2-3,6-7,10H2,1H3. The summed E-state index contributed by atoms with van der Waals surface area (Å²) in [5.74, 6) is 0. The van der Waals surface area contributed by atoms with Crippen molar-refractivity contribution in [3.05, 3.63) is 29.3 Å². The van der Waals surface area contributed by atoms with E-state index < -0.39 is 11.7 Å². The minimum absolute atomic E-state index is 0.320. The highest BCUT2D eigenvalue weighted by atomic mass is 19.4. The molecule has 1 N–H and O–H groups in total. The van der Waals surface area contributed by atoms with Crippen LogP contribution in [0, 0.1) is 11.3 Å². The van der Waals surface area contributed by atoms with Gasteiger partial charge in [-0.15, -0.1) is 0 Å². The molecule has 0 radical (unpaired) electrons. The average Bonchev–Trinajstić information content (AvgIpc) is 2.97. The van der Waals surface area contributed by atoms with Crippen molar-refractivity contribution in [2.75, 3.05) is 25.0 Å². The van der Waals surface area contributed by atoms with E-state index in [2.05, 4.69) is 17.1 Å². The van der Waals surface area contributed by atoms with E-state index in [9.17, 15) is 13.2 Å². The number of nitriles is 1. The molecule has 0 amide bonds. The first-order valence-electron chi connectivity index (χ1n) is 7.01. The fourth-order valence-electron chi connectivity index (χ4n) is 2.57. The largest absolute Gasteiger partial charge is 0.417 e. The maximum atomic E-state index is 12.7. The number of likely N-dealkylation sites (tertiary alicyclic amines) is 1. The Morgan fingerprint density at radius 3 is 2.57 bits per heavy atom. The molecule has 1 saturated heterocycles. The summed E-state index contributed by atoms with van der Waals surface area (Å²) in [6.45, 7) is 4.88. The van der Waals surface area contributed by atoms with E-state index in [4.69, 9.17) is 5.26 Å². The van der Waals surface area contributed by atoms with Crippen LogP contribution in [0.5, 0.6) is 0 Å². The van der Waals surface area contributed by atoms with Crippen molar-refractivity contribution >= 4 is 5.69 Å². The van der Waals surface area contributed by atoms with E-state index >= 15 is 0 Å². The maximum Gasteiger partial charge on any atom is 0.417 e. The minimum atomic E-state index is -4.49. The molecule has 1 aromatic carbocycles. The zero-order valence-corrected chi connectivity index (χ0v) is 11.9. The molecular weight excluding hydrogens is 279 g/mol. The van der Waals surface area contributed by atoms with E-state index in [0.29, 0.717) is 18.3 Å². The van der Waals surface area contributed by atoms with E-state index in [1.54, 1.807) is 6.07 Å². The molecule has 1 atom stereocenters. The number of nitrogens with zero attached hydrogens (tertiary/aromatic N) is 2. The zero-order valence-electron chi connectivity index (χ0n) is 11.9. The Balaban J connectivity index is 2.03. The van der Waals surface area contributed by atoms with E-state index in [0.717, 1.165) is 19.2 Å². The van der Waals surface area contributed by atoms with E-state index in [1.165, 1.54) is 25.0 Å². The van der Waals surface area contributed by atoms with Crippen LogP contribution in [-0.2, 0) is 6.18 Å². The summed E-state index contributed by atoms with van der Waals surface area (Å²) in [5, 5.41) is 12.0. The molecule has 3 nitrogen and oxygen atoms in total. The number of anilines is 1. The van der Waals surface area contributed by atoms with Crippen molar-refractivity contribution in [1.29, 1.82) is 5.26 Å². The molecule has 1 heterocycles. The lowest BCUT2D eigenvalue weighted by molar-refractivity contribution is -0.137. The Bertz CT molecular complexity index is 528. The van der Waals surface area contributed by atoms with Gasteiger partial charge >= 0.3 is 6.18 Å². The molecule has 0 spiro atoms. The van der Waals surface area contributed by atoms with Crippen LogP contribution in [0.4, 0.5) is 18.9 Å². The smallest absolute Gasteiger partial charge is 0.383 e. The predicted molar refractivity (Wildman–Crippen MR) is 74.9 cm³/mol. The quantitative estimate of drug-likeness (QED) is 0.925. The van der Waals surface area contributed by atoms with Crippen LogP contribution < -0.4 is 5.32 Å². The highest BCUT2D eigenvalue weighted by Gasteiger charge is 2.33. The lowest BCUT2D eigenvalue weighted by Gasteiger charge is -2.24. The number of hydrogen-bond acceptors (Lipinski definition) is 3. The summed E-state index contributed by atoms with van der Waals surface area (Å²) in [4.78, 5) is 2.35. The van der Waals surface area contributed by atoms with Gasteiger partial charge in [0.05, 0.1) is 17.2 Å². The Labute approximate surface area is 122 Å². The maximum absolute atomic E-state index is 12.7. The third-order valence-electron chi connectivity index (χ3n) is 3.81. The van der Waals surface area contributed by atoms with Crippen LogP contribution in [0.25, 0.3) is 0 Å². The molecule has 114 valence electrons. The number of nitrogens with one attached hydrogen (secondary N) is 1.